The summed E-state index contributed by atoms with van der Waals surface area (Å²) in [4.78, 5) is 4.39. The molecule has 5 heteroatoms. The van der Waals surface area contributed by atoms with Gasteiger partial charge in [-0.1, -0.05) is 31.3 Å². The van der Waals surface area contributed by atoms with Gasteiger partial charge < -0.3 is 5.32 Å². The standard InChI is InChI=1S/C15H22N4S/c1-11(2)10-16-8-5-7-13-18-19-15(20-13)14-12(3)6-4-9-17-14/h4,6,9,11,16H,5,7-8,10H2,1-3H3. The lowest BCUT2D eigenvalue weighted by molar-refractivity contribution is 0.542. The zero-order chi connectivity index (χ0) is 14.4. The molecule has 0 bridgehead atoms. The predicted molar refractivity (Wildman–Crippen MR) is 83.9 cm³/mol. The zero-order valence-corrected chi connectivity index (χ0v) is 13.2. The summed E-state index contributed by atoms with van der Waals surface area (Å²) in [6.07, 6.45) is 3.89. The molecule has 0 radical (unpaired) electrons. The summed E-state index contributed by atoms with van der Waals surface area (Å²) in [6.45, 7) is 8.61. The van der Waals surface area contributed by atoms with Crippen molar-refractivity contribution in [2.24, 2.45) is 5.92 Å². The van der Waals surface area contributed by atoms with Crippen LogP contribution >= 0.6 is 11.3 Å². The van der Waals surface area contributed by atoms with E-state index < -0.39 is 0 Å². The number of nitrogens with zero attached hydrogens (tertiary/aromatic N) is 3. The molecule has 0 unspecified atom stereocenters. The molecule has 0 saturated heterocycles. The molecule has 1 N–H and O–H groups in total. The Labute approximate surface area is 124 Å². The molecule has 2 rings (SSSR count). The summed E-state index contributed by atoms with van der Waals surface area (Å²) in [5, 5.41) is 14.0. The van der Waals surface area contributed by atoms with Crippen molar-refractivity contribution in [2.75, 3.05) is 13.1 Å². The second-order valence-corrected chi connectivity index (χ2v) is 6.43. The fourth-order valence-electron chi connectivity index (χ4n) is 1.92. The van der Waals surface area contributed by atoms with E-state index in [0.717, 1.165) is 47.2 Å². The summed E-state index contributed by atoms with van der Waals surface area (Å²) < 4.78 is 0. The summed E-state index contributed by atoms with van der Waals surface area (Å²) in [5.74, 6) is 0.704. The van der Waals surface area contributed by atoms with Gasteiger partial charge in [0.15, 0.2) is 5.01 Å². The highest BCUT2D eigenvalue weighted by Crippen LogP contribution is 2.24. The van der Waals surface area contributed by atoms with Crippen LogP contribution in [0.2, 0.25) is 0 Å². The van der Waals surface area contributed by atoms with Crippen LogP contribution in [0.3, 0.4) is 0 Å². The van der Waals surface area contributed by atoms with Gasteiger partial charge in [-0.15, -0.1) is 10.2 Å². The Balaban J connectivity index is 1.85. The van der Waals surface area contributed by atoms with E-state index in [2.05, 4.69) is 47.3 Å². The number of rotatable bonds is 7. The van der Waals surface area contributed by atoms with E-state index in [1.54, 1.807) is 17.5 Å². The minimum absolute atomic E-state index is 0.704. The molecule has 0 fully saturated rings. The van der Waals surface area contributed by atoms with Gasteiger partial charge in [0.1, 0.15) is 10.7 Å². The Kier molecular flexibility index (Phi) is 5.61. The fraction of sp³-hybridized carbons (Fsp3) is 0.533. The number of hydrogen-bond donors (Lipinski definition) is 1. The molecule has 108 valence electrons. The average molecular weight is 290 g/mol. The monoisotopic (exact) mass is 290 g/mol. The van der Waals surface area contributed by atoms with Crippen LogP contribution in [-0.2, 0) is 6.42 Å². The predicted octanol–water partition coefficient (Wildman–Crippen LogP) is 3.09. The van der Waals surface area contributed by atoms with Crippen molar-refractivity contribution >= 4 is 11.3 Å². The molecule has 0 aliphatic rings. The molecule has 0 atom stereocenters. The van der Waals surface area contributed by atoms with Crippen LogP contribution in [0.15, 0.2) is 18.3 Å². The minimum Gasteiger partial charge on any atom is -0.316 e. The maximum atomic E-state index is 4.39. The first-order valence-corrected chi connectivity index (χ1v) is 7.93. The molecule has 0 amide bonds. The largest absolute Gasteiger partial charge is 0.316 e. The van der Waals surface area contributed by atoms with Gasteiger partial charge in [-0.2, -0.15) is 0 Å². The van der Waals surface area contributed by atoms with Crippen LogP contribution in [0, 0.1) is 12.8 Å². The lowest BCUT2D eigenvalue weighted by Crippen LogP contribution is -2.21. The molecule has 2 heterocycles. The summed E-state index contributed by atoms with van der Waals surface area (Å²) in [6, 6.07) is 4.00. The van der Waals surface area contributed by atoms with Crippen molar-refractivity contribution < 1.29 is 0 Å². The molecule has 2 aromatic heterocycles. The third-order valence-electron chi connectivity index (χ3n) is 2.98. The molecular formula is C15H22N4S. The zero-order valence-electron chi connectivity index (χ0n) is 12.4. The molecule has 0 spiro atoms. The van der Waals surface area contributed by atoms with Gasteiger partial charge in [0, 0.05) is 12.6 Å². The maximum Gasteiger partial charge on any atom is 0.166 e. The van der Waals surface area contributed by atoms with Gasteiger partial charge in [-0.05, 0) is 44.0 Å². The van der Waals surface area contributed by atoms with Crippen LogP contribution in [-0.4, -0.2) is 28.3 Å². The Bertz CT molecular complexity index is 536. The van der Waals surface area contributed by atoms with Crippen molar-refractivity contribution in [1.82, 2.24) is 20.5 Å². The second-order valence-electron chi connectivity index (χ2n) is 5.37. The number of aryl methyl sites for hydroxylation is 2. The van der Waals surface area contributed by atoms with E-state index >= 15 is 0 Å². The highest BCUT2D eigenvalue weighted by Gasteiger charge is 2.09. The number of hydrogen-bond acceptors (Lipinski definition) is 5. The fourth-order valence-corrected chi connectivity index (χ4v) is 2.86. The molecular weight excluding hydrogens is 268 g/mol. The SMILES string of the molecule is Cc1cccnc1-c1nnc(CCCNCC(C)C)s1. The van der Waals surface area contributed by atoms with Gasteiger partial charge in [0.2, 0.25) is 0 Å². The van der Waals surface area contributed by atoms with Crippen LogP contribution in [0.4, 0.5) is 0 Å². The van der Waals surface area contributed by atoms with Gasteiger partial charge in [0.25, 0.3) is 0 Å². The van der Waals surface area contributed by atoms with E-state index in [0.29, 0.717) is 5.92 Å². The van der Waals surface area contributed by atoms with Gasteiger partial charge in [0.05, 0.1) is 0 Å². The maximum absolute atomic E-state index is 4.39. The van der Waals surface area contributed by atoms with Crippen molar-refractivity contribution in [2.45, 2.75) is 33.6 Å². The van der Waals surface area contributed by atoms with Crippen LogP contribution in [0.25, 0.3) is 10.7 Å². The number of aromatic nitrogens is 3. The first kappa shape index (κ1) is 15.1. The summed E-state index contributed by atoms with van der Waals surface area (Å²) in [5.41, 5.74) is 2.10. The molecule has 0 saturated carbocycles. The summed E-state index contributed by atoms with van der Waals surface area (Å²) >= 11 is 1.65. The Morgan fingerprint density at radius 2 is 2.15 bits per heavy atom. The van der Waals surface area contributed by atoms with E-state index in [1.807, 2.05) is 6.07 Å². The van der Waals surface area contributed by atoms with Gasteiger partial charge in [-0.25, -0.2) is 0 Å². The van der Waals surface area contributed by atoms with Crippen molar-refractivity contribution in [3.63, 3.8) is 0 Å². The minimum atomic E-state index is 0.704. The smallest absolute Gasteiger partial charge is 0.166 e. The molecule has 0 aliphatic heterocycles. The molecule has 0 aliphatic carbocycles. The third-order valence-corrected chi connectivity index (χ3v) is 3.97. The highest BCUT2D eigenvalue weighted by molar-refractivity contribution is 7.14. The van der Waals surface area contributed by atoms with Crippen molar-refractivity contribution in [3.05, 3.63) is 28.9 Å². The molecule has 4 nitrogen and oxygen atoms in total. The number of nitrogens with one attached hydrogen (secondary N) is 1. The molecule has 20 heavy (non-hydrogen) atoms. The first-order chi connectivity index (χ1) is 9.66. The lowest BCUT2D eigenvalue weighted by Gasteiger charge is -2.05. The van der Waals surface area contributed by atoms with E-state index in [-0.39, 0.29) is 0 Å². The van der Waals surface area contributed by atoms with Crippen LogP contribution in [0.5, 0.6) is 0 Å². The summed E-state index contributed by atoms with van der Waals surface area (Å²) in [7, 11) is 0. The normalized spacial score (nSPS) is 11.2. The van der Waals surface area contributed by atoms with Crippen LogP contribution in [0.1, 0.15) is 30.8 Å². The third kappa shape index (κ3) is 4.35. The number of pyridine rings is 1. The highest BCUT2D eigenvalue weighted by atomic mass is 32.1. The van der Waals surface area contributed by atoms with E-state index in [4.69, 9.17) is 0 Å². The van der Waals surface area contributed by atoms with Crippen molar-refractivity contribution in [1.29, 1.82) is 0 Å². The first-order valence-electron chi connectivity index (χ1n) is 7.12. The van der Waals surface area contributed by atoms with E-state index in [9.17, 15) is 0 Å². The second kappa shape index (κ2) is 7.45. The Hall–Kier alpha value is -1.33. The Morgan fingerprint density at radius 1 is 1.30 bits per heavy atom. The Morgan fingerprint density at radius 3 is 2.90 bits per heavy atom. The average Bonchev–Trinajstić information content (AvgIpc) is 2.87. The van der Waals surface area contributed by atoms with Gasteiger partial charge >= 0.3 is 0 Å². The topological polar surface area (TPSA) is 50.7 Å². The lowest BCUT2D eigenvalue weighted by atomic mass is 10.2. The quantitative estimate of drug-likeness (QED) is 0.796. The van der Waals surface area contributed by atoms with Crippen LogP contribution < -0.4 is 5.32 Å². The molecule has 0 aromatic carbocycles. The van der Waals surface area contributed by atoms with Gasteiger partial charge in [-0.3, -0.25) is 4.98 Å². The van der Waals surface area contributed by atoms with Crippen molar-refractivity contribution in [3.8, 4) is 10.7 Å². The molecule has 2 aromatic rings. The van der Waals surface area contributed by atoms with E-state index in [1.165, 1.54) is 0 Å².